The van der Waals surface area contributed by atoms with E-state index in [-0.39, 0.29) is 5.56 Å². The molecule has 0 aliphatic carbocycles. The van der Waals surface area contributed by atoms with E-state index in [0.717, 1.165) is 12.1 Å². The normalized spacial score (nSPS) is 11.1. The number of halogens is 2. The molecule has 140 valence electrons. The number of pyridine rings is 1. The van der Waals surface area contributed by atoms with Crippen molar-refractivity contribution in [3.63, 3.8) is 0 Å². The second-order valence-corrected chi connectivity index (χ2v) is 6.18. The van der Waals surface area contributed by atoms with Crippen LogP contribution in [0.1, 0.15) is 17.0 Å². The number of benzene rings is 2. The summed E-state index contributed by atoms with van der Waals surface area (Å²) in [6.45, 7) is 0. The van der Waals surface area contributed by atoms with Gasteiger partial charge in [0.2, 0.25) is 0 Å². The molecular formula is C23H13F2N3O. The Morgan fingerprint density at radius 3 is 2.52 bits per heavy atom. The Kier molecular flexibility index (Phi) is 4.71. The molecule has 0 N–H and O–H groups in total. The summed E-state index contributed by atoms with van der Waals surface area (Å²) >= 11 is 0. The first kappa shape index (κ1) is 18.3. The average molecular weight is 385 g/mol. The van der Waals surface area contributed by atoms with Crippen molar-refractivity contribution >= 4 is 23.2 Å². The van der Waals surface area contributed by atoms with Gasteiger partial charge in [-0.1, -0.05) is 18.1 Å². The highest BCUT2D eigenvalue weighted by Gasteiger charge is 2.12. The smallest absolute Gasteiger partial charge is 0.267 e. The van der Waals surface area contributed by atoms with Crippen LogP contribution in [0.25, 0.3) is 28.9 Å². The van der Waals surface area contributed by atoms with Crippen LogP contribution in [0.5, 0.6) is 0 Å². The Hall–Kier alpha value is -4.11. The second kappa shape index (κ2) is 7.49. The van der Waals surface area contributed by atoms with Crippen molar-refractivity contribution in [3.8, 4) is 18.0 Å². The zero-order valence-electron chi connectivity index (χ0n) is 15.0. The zero-order chi connectivity index (χ0) is 20.4. The molecule has 0 bridgehead atoms. The van der Waals surface area contributed by atoms with Gasteiger partial charge in [-0.25, -0.2) is 18.7 Å². The standard InChI is InChI=1S/C23H13F2N3O/c1-2-15-5-9-17(10-6-15)28-21(12-8-16-7-11-19(24)20(25)14-16)27-22-18(23(28)29)4-3-13-26-22/h1,3-14H/b12-8+. The van der Waals surface area contributed by atoms with Gasteiger partial charge in [-0.2, -0.15) is 0 Å². The number of hydrogen-bond acceptors (Lipinski definition) is 3. The van der Waals surface area contributed by atoms with Crippen molar-refractivity contribution in [2.24, 2.45) is 0 Å². The quantitative estimate of drug-likeness (QED) is 0.497. The Morgan fingerprint density at radius 1 is 1.00 bits per heavy atom. The number of nitrogens with zero attached hydrogens (tertiary/aromatic N) is 3. The summed E-state index contributed by atoms with van der Waals surface area (Å²) in [5, 5.41) is 0.360. The molecule has 4 aromatic rings. The molecule has 2 heterocycles. The van der Waals surface area contributed by atoms with Gasteiger partial charge in [-0.05, 0) is 60.2 Å². The summed E-state index contributed by atoms with van der Waals surface area (Å²) < 4.78 is 28.1. The molecule has 0 unspecified atom stereocenters. The van der Waals surface area contributed by atoms with Crippen molar-refractivity contribution < 1.29 is 8.78 Å². The molecule has 0 aliphatic rings. The molecule has 0 saturated heterocycles. The number of terminal acetylenes is 1. The SMILES string of the molecule is C#Cc1ccc(-n2c(/C=C/c3ccc(F)c(F)c3)nc3ncccc3c2=O)cc1. The fourth-order valence-corrected chi connectivity index (χ4v) is 2.89. The lowest BCUT2D eigenvalue weighted by Gasteiger charge is -2.11. The number of rotatable bonds is 3. The molecule has 29 heavy (non-hydrogen) atoms. The van der Waals surface area contributed by atoms with E-state index >= 15 is 0 Å². The van der Waals surface area contributed by atoms with Crippen molar-refractivity contribution in [1.29, 1.82) is 0 Å². The number of aromatic nitrogens is 3. The summed E-state index contributed by atoms with van der Waals surface area (Å²) in [5.41, 5.74) is 1.65. The molecule has 0 saturated carbocycles. The summed E-state index contributed by atoms with van der Waals surface area (Å²) in [7, 11) is 0. The van der Waals surface area contributed by atoms with E-state index in [0.29, 0.717) is 33.7 Å². The predicted octanol–water partition coefficient (Wildman–Crippen LogP) is 4.21. The van der Waals surface area contributed by atoms with Gasteiger partial charge >= 0.3 is 0 Å². The van der Waals surface area contributed by atoms with Crippen LogP contribution in [-0.4, -0.2) is 14.5 Å². The van der Waals surface area contributed by atoms with Gasteiger partial charge in [0, 0.05) is 11.8 Å². The van der Waals surface area contributed by atoms with Gasteiger partial charge in [-0.15, -0.1) is 6.42 Å². The number of fused-ring (bicyclic) bond motifs is 1. The molecule has 6 heteroatoms. The molecule has 0 fully saturated rings. The summed E-state index contributed by atoms with van der Waals surface area (Å²) in [5.74, 6) is 0.933. The zero-order valence-corrected chi connectivity index (χ0v) is 15.0. The van der Waals surface area contributed by atoms with Gasteiger partial charge in [-0.3, -0.25) is 9.36 Å². The average Bonchev–Trinajstić information content (AvgIpc) is 2.75. The lowest BCUT2D eigenvalue weighted by atomic mass is 10.2. The van der Waals surface area contributed by atoms with Crippen molar-refractivity contribution in [2.75, 3.05) is 0 Å². The first-order valence-corrected chi connectivity index (χ1v) is 8.65. The molecule has 0 radical (unpaired) electrons. The molecule has 0 atom stereocenters. The van der Waals surface area contributed by atoms with E-state index in [1.165, 1.54) is 10.6 Å². The summed E-state index contributed by atoms with van der Waals surface area (Å²) in [6, 6.07) is 13.7. The van der Waals surface area contributed by atoms with Gasteiger partial charge in [0.05, 0.1) is 11.1 Å². The fourth-order valence-electron chi connectivity index (χ4n) is 2.89. The number of hydrogen-bond donors (Lipinski definition) is 0. The topological polar surface area (TPSA) is 47.8 Å². The molecule has 0 spiro atoms. The maximum absolute atomic E-state index is 13.5. The van der Waals surface area contributed by atoms with Gasteiger partial charge < -0.3 is 0 Å². The third-order valence-electron chi connectivity index (χ3n) is 4.33. The summed E-state index contributed by atoms with van der Waals surface area (Å²) in [6.07, 6.45) is 10.0. The van der Waals surface area contributed by atoms with Crippen molar-refractivity contribution in [3.05, 3.63) is 99.7 Å². The second-order valence-electron chi connectivity index (χ2n) is 6.18. The van der Waals surface area contributed by atoms with Crippen LogP contribution in [-0.2, 0) is 0 Å². The van der Waals surface area contributed by atoms with Crippen molar-refractivity contribution in [2.45, 2.75) is 0 Å². The van der Waals surface area contributed by atoms with E-state index < -0.39 is 11.6 Å². The van der Waals surface area contributed by atoms with Gasteiger partial charge in [0.1, 0.15) is 5.82 Å². The summed E-state index contributed by atoms with van der Waals surface area (Å²) in [4.78, 5) is 21.7. The first-order chi connectivity index (χ1) is 14.1. The highest BCUT2D eigenvalue weighted by atomic mass is 19.2. The highest BCUT2D eigenvalue weighted by Crippen LogP contribution is 2.16. The Labute approximate surface area is 164 Å². The largest absolute Gasteiger partial charge is 0.268 e. The van der Waals surface area contributed by atoms with Gasteiger partial charge in [0.25, 0.3) is 5.56 Å². The minimum absolute atomic E-state index is 0.291. The van der Waals surface area contributed by atoms with E-state index in [4.69, 9.17) is 6.42 Å². The van der Waals surface area contributed by atoms with Crippen LogP contribution in [0, 0.1) is 24.0 Å². The van der Waals surface area contributed by atoms with Crippen LogP contribution in [0.15, 0.2) is 65.6 Å². The van der Waals surface area contributed by atoms with Crippen LogP contribution >= 0.6 is 0 Å². The highest BCUT2D eigenvalue weighted by molar-refractivity contribution is 5.76. The molecule has 2 aromatic carbocycles. The van der Waals surface area contributed by atoms with E-state index in [1.54, 1.807) is 54.7 Å². The van der Waals surface area contributed by atoms with E-state index in [1.807, 2.05) is 0 Å². The van der Waals surface area contributed by atoms with Crippen LogP contribution in [0.4, 0.5) is 8.78 Å². The third kappa shape index (κ3) is 3.54. The minimum atomic E-state index is -0.956. The van der Waals surface area contributed by atoms with E-state index in [9.17, 15) is 13.6 Å². The van der Waals surface area contributed by atoms with Crippen LogP contribution < -0.4 is 5.56 Å². The predicted molar refractivity (Wildman–Crippen MR) is 108 cm³/mol. The molecule has 0 amide bonds. The van der Waals surface area contributed by atoms with Crippen molar-refractivity contribution in [1.82, 2.24) is 14.5 Å². The fraction of sp³-hybridized carbons (Fsp3) is 0. The molecule has 4 nitrogen and oxygen atoms in total. The van der Waals surface area contributed by atoms with E-state index in [2.05, 4.69) is 15.9 Å². The molecule has 4 rings (SSSR count). The first-order valence-electron chi connectivity index (χ1n) is 8.65. The molecule has 2 aromatic heterocycles. The minimum Gasteiger partial charge on any atom is -0.268 e. The molecule has 0 aliphatic heterocycles. The monoisotopic (exact) mass is 385 g/mol. The lowest BCUT2D eigenvalue weighted by molar-refractivity contribution is 0.508. The maximum Gasteiger partial charge on any atom is 0.267 e. The molecular weight excluding hydrogens is 372 g/mol. The Balaban J connectivity index is 1.91. The third-order valence-corrected chi connectivity index (χ3v) is 4.33. The van der Waals surface area contributed by atoms with Crippen LogP contribution in [0.3, 0.4) is 0 Å². The maximum atomic E-state index is 13.5. The lowest BCUT2D eigenvalue weighted by Crippen LogP contribution is -2.22. The Morgan fingerprint density at radius 2 is 1.79 bits per heavy atom. The van der Waals surface area contributed by atoms with Gasteiger partial charge in [0.15, 0.2) is 17.3 Å². The van der Waals surface area contributed by atoms with Crippen LogP contribution in [0.2, 0.25) is 0 Å². The Bertz CT molecular complexity index is 1350.